The highest BCUT2D eigenvalue weighted by atomic mass is 35.5. The van der Waals surface area contributed by atoms with Gasteiger partial charge in [0.1, 0.15) is 0 Å². The molecule has 0 N–H and O–H groups in total. The summed E-state index contributed by atoms with van der Waals surface area (Å²) in [6.45, 7) is 4.40. The van der Waals surface area contributed by atoms with Crippen LogP contribution in [0.15, 0.2) is 83.8 Å². The molecule has 6 rings (SSSR count). The maximum atomic E-state index is 14.5. The number of fused-ring (bicyclic) bond motifs is 1. The molecule has 11 heteroatoms. The Kier molecular flexibility index (Phi) is 7.74. The molecule has 2 fully saturated rings. The van der Waals surface area contributed by atoms with Crippen molar-refractivity contribution in [1.29, 1.82) is 0 Å². The summed E-state index contributed by atoms with van der Waals surface area (Å²) in [4.78, 5) is 34.7. The Hall–Kier alpha value is -3.44. The van der Waals surface area contributed by atoms with Gasteiger partial charge in [-0.2, -0.15) is 4.31 Å². The Bertz CT molecular complexity index is 1570. The molecule has 9 nitrogen and oxygen atoms in total. The molecule has 0 saturated carbocycles. The summed E-state index contributed by atoms with van der Waals surface area (Å²) in [5.74, 6) is -0.895. The van der Waals surface area contributed by atoms with Crippen LogP contribution >= 0.6 is 11.6 Å². The lowest BCUT2D eigenvalue weighted by atomic mass is 9.87. The first-order valence-electron chi connectivity index (χ1n) is 14.1. The molecule has 2 amide bonds. The number of likely N-dealkylation sites (tertiary alicyclic amines) is 1. The second-order valence-electron chi connectivity index (χ2n) is 11.0. The molecule has 3 aromatic carbocycles. The molecule has 1 unspecified atom stereocenters. The number of rotatable bonds is 5. The van der Waals surface area contributed by atoms with Gasteiger partial charge in [-0.05, 0) is 63.3 Å². The number of sulfonamides is 1. The molecule has 2 saturated heterocycles. The lowest BCUT2D eigenvalue weighted by Crippen LogP contribution is -2.55. The van der Waals surface area contributed by atoms with Crippen LogP contribution in [0.2, 0.25) is 5.02 Å². The van der Waals surface area contributed by atoms with Crippen molar-refractivity contribution in [3.63, 3.8) is 0 Å². The maximum Gasteiger partial charge on any atom is 0.411 e. The molecule has 3 aromatic rings. The standard InChI is InChI=1S/C31H33ClN4O5S/c1-33-16-14-25(15-17-33)34-18-20-35(21-19-34)30(38)41-31(23-8-4-2-5-9-23)27-22-24(32)12-13-28(27)36(29(31)37)42(39,40)26-10-6-3-7-11-26/h2-13,22,25H,14-21H2,1H3. The predicted molar refractivity (Wildman–Crippen MR) is 160 cm³/mol. The van der Waals surface area contributed by atoms with E-state index < -0.39 is 27.6 Å². The molecule has 220 valence electrons. The van der Waals surface area contributed by atoms with Crippen LogP contribution in [0, 0.1) is 0 Å². The first-order chi connectivity index (χ1) is 20.2. The average molecular weight is 609 g/mol. The van der Waals surface area contributed by atoms with E-state index in [2.05, 4.69) is 16.8 Å². The summed E-state index contributed by atoms with van der Waals surface area (Å²) < 4.78 is 34.8. The van der Waals surface area contributed by atoms with Crippen molar-refractivity contribution in [2.75, 3.05) is 50.6 Å². The Morgan fingerprint density at radius 2 is 1.50 bits per heavy atom. The Balaban J connectivity index is 1.35. The van der Waals surface area contributed by atoms with Crippen LogP contribution in [0.4, 0.5) is 10.5 Å². The zero-order chi connectivity index (χ0) is 29.5. The number of anilines is 1. The number of halogens is 1. The van der Waals surface area contributed by atoms with Gasteiger partial charge in [-0.1, -0.05) is 60.1 Å². The molecule has 42 heavy (non-hydrogen) atoms. The number of benzene rings is 3. The summed E-state index contributed by atoms with van der Waals surface area (Å²) in [7, 11) is -2.22. The molecule has 0 aromatic heterocycles. The first-order valence-corrected chi connectivity index (χ1v) is 15.9. The molecular weight excluding hydrogens is 576 g/mol. The van der Waals surface area contributed by atoms with Crippen molar-refractivity contribution in [2.24, 2.45) is 0 Å². The highest BCUT2D eigenvalue weighted by Gasteiger charge is 2.59. The van der Waals surface area contributed by atoms with Crippen molar-refractivity contribution in [1.82, 2.24) is 14.7 Å². The van der Waals surface area contributed by atoms with Gasteiger partial charge in [0.25, 0.3) is 15.9 Å². The summed E-state index contributed by atoms with van der Waals surface area (Å²) in [5, 5.41) is 0.281. The topological polar surface area (TPSA) is 90.5 Å². The number of carbonyl (C=O) groups excluding carboxylic acids is 2. The smallest absolute Gasteiger partial charge is 0.411 e. The zero-order valence-electron chi connectivity index (χ0n) is 23.4. The van der Waals surface area contributed by atoms with E-state index in [0.717, 1.165) is 30.2 Å². The summed E-state index contributed by atoms with van der Waals surface area (Å²) in [6.07, 6.45) is 1.51. The summed E-state index contributed by atoms with van der Waals surface area (Å²) >= 11 is 6.41. The lowest BCUT2D eigenvalue weighted by Gasteiger charge is -2.42. The third-order valence-corrected chi connectivity index (χ3v) is 10.5. The minimum Gasteiger partial charge on any atom is -0.422 e. The van der Waals surface area contributed by atoms with E-state index in [9.17, 15) is 18.0 Å². The fourth-order valence-electron chi connectivity index (χ4n) is 6.21. The molecule has 3 aliphatic heterocycles. The molecule has 0 radical (unpaired) electrons. The number of amides is 2. The minimum atomic E-state index is -4.35. The Labute approximate surface area is 251 Å². The van der Waals surface area contributed by atoms with Gasteiger partial charge in [0.15, 0.2) is 0 Å². The Morgan fingerprint density at radius 3 is 2.14 bits per heavy atom. The number of nitrogens with zero attached hydrogens (tertiary/aromatic N) is 4. The monoisotopic (exact) mass is 608 g/mol. The molecule has 0 bridgehead atoms. The van der Waals surface area contributed by atoms with Crippen LogP contribution in [-0.2, 0) is 25.2 Å². The normalized spacial score (nSPS) is 22.3. The SMILES string of the molecule is CN1CCC(N2CCN(C(=O)OC3(c4ccccc4)C(=O)N(S(=O)(=O)c4ccccc4)c4ccc(Cl)cc43)CC2)CC1. The number of ether oxygens (including phenoxy) is 1. The molecular formula is C31H33ClN4O5S. The number of piperazine rings is 1. The highest BCUT2D eigenvalue weighted by Crippen LogP contribution is 2.50. The van der Waals surface area contributed by atoms with Crippen molar-refractivity contribution in [3.05, 3.63) is 95.0 Å². The van der Waals surface area contributed by atoms with E-state index >= 15 is 0 Å². The largest absolute Gasteiger partial charge is 0.422 e. The van der Waals surface area contributed by atoms with E-state index in [4.69, 9.17) is 16.3 Å². The molecule has 3 heterocycles. The van der Waals surface area contributed by atoms with Crippen molar-refractivity contribution in [3.8, 4) is 0 Å². The molecule has 0 spiro atoms. The fraction of sp³-hybridized carbons (Fsp3) is 0.355. The highest BCUT2D eigenvalue weighted by molar-refractivity contribution is 7.93. The van der Waals surface area contributed by atoms with Gasteiger partial charge < -0.3 is 14.5 Å². The van der Waals surface area contributed by atoms with Crippen LogP contribution in [0.3, 0.4) is 0 Å². The second kappa shape index (κ2) is 11.3. The number of carbonyl (C=O) groups is 2. The Morgan fingerprint density at radius 1 is 0.881 bits per heavy atom. The van der Waals surface area contributed by atoms with Gasteiger partial charge in [0.2, 0.25) is 5.60 Å². The first kappa shape index (κ1) is 28.7. The molecule has 3 aliphatic rings. The second-order valence-corrected chi connectivity index (χ2v) is 13.2. The fourth-order valence-corrected chi connectivity index (χ4v) is 7.86. The zero-order valence-corrected chi connectivity index (χ0v) is 24.9. The van der Waals surface area contributed by atoms with Crippen LogP contribution in [-0.4, -0.2) is 87.5 Å². The van der Waals surface area contributed by atoms with Gasteiger partial charge in [0.05, 0.1) is 10.6 Å². The number of piperidine rings is 1. The van der Waals surface area contributed by atoms with Gasteiger partial charge in [-0.15, -0.1) is 0 Å². The molecule has 0 aliphatic carbocycles. The third kappa shape index (κ3) is 4.96. The molecule has 1 atom stereocenters. The van der Waals surface area contributed by atoms with E-state index in [1.165, 1.54) is 30.3 Å². The number of hydrogen-bond acceptors (Lipinski definition) is 7. The van der Waals surface area contributed by atoms with Crippen LogP contribution < -0.4 is 4.31 Å². The number of hydrogen-bond donors (Lipinski definition) is 0. The minimum absolute atomic E-state index is 0.0560. The van der Waals surface area contributed by atoms with Crippen LogP contribution in [0.1, 0.15) is 24.0 Å². The van der Waals surface area contributed by atoms with E-state index in [0.29, 0.717) is 37.8 Å². The quantitative estimate of drug-likeness (QED) is 0.429. The van der Waals surface area contributed by atoms with E-state index in [1.54, 1.807) is 53.4 Å². The van der Waals surface area contributed by atoms with Gasteiger partial charge in [-0.25, -0.2) is 13.2 Å². The van der Waals surface area contributed by atoms with Gasteiger partial charge in [-0.3, -0.25) is 9.69 Å². The van der Waals surface area contributed by atoms with E-state index in [1.807, 2.05) is 0 Å². The van der Waals surface area contributed by atoms with Crippen molar-refractivity contribution >= 4 is 39.3 Å². The predicted octanol–water partition coefficient (Wildman–Crippen LogP) is 4.17. The van der Waals surface area contributed by atoms with Crippen molar-refractivity contribution < 1.29 is 22.7 Å². The van der Waals surface area contributed by atoms with Gasteiger partial charge >= 0.3 is 6.09 Å². The maximum absolute atomic E-state index is 14.5. The summed E-state index contributed by atoms with van der Waals surface area (Å²) in [6, 6.07) is 21.3. The van der Waals surface area contributed by atoms with Crippen molar-refractivity contribution in [2.45, 2.75) is 29.4 Å². The third-order valence-electron chi connectivity index (χ3n) is 8.52. The lowest BCUT2D eigenvalue weighted by molar-refractivity contribution is -0.132. The van der Waals surface area contributed by atoms with Crippen LogP contribution in [0.5, 0.6) is 0 Å². The van der Waals surface area contributed by atoms with Gasteiger partial charge in [0, 0.05) is 48.4 Å². The average Bonchev–Trinajstić information content (AvgIpc) is 3.26. The van der Waals surface area contributed by atoms with E-state index in [-0.39, 0.29) is 21.2 Å². The summed E-state index contributed by atoms with van der Waals surface area (Å²) in [5.41, 5.74) is -1.42. The van der Waals surface area contributed by atoms with Crippen LogP contribution in [0.25, 0.3) is 0 Å².